The maximum absolute atomic E-state index is 12.3. The molecular weight excluding hydrogens is 264 g/mol. The van der Waals surface area contributed by atoms with Crippen LogP contribution >= 0.6 is 0 Å². The molecule has 0 bridgehead atoms. The van der Waals surface area contributed by atoms with Crippen LogP contribution in [-0.2, 0) is 9.53 Å². The first-order chi connectivity index (χ1) is 10.1. The van der Waals surface area contributed by atoms with Crippen molar-refractivity contribution in [2.75, 3.05) is 6.61 Å². The molecule has 1 aromatic rings. The summed E-state index contributed by atoms with van der Waals surface area (Å²) in [5, 5.41) is 10.3. The van der Waals surface area contributed by atoms with Crippen molar-refractivity contribution in [3.63, 3.8) is 0 Å². The first-order valence-electron chi connectivity index (χ1n) is 7.39. The van der Waals surface area contributed by atoms with Crippen LogP contribution in [0.15, 0.2) is 48.7 Å². The molecule has 0 unspecified atom stereocenters. The number of Topliss-reactive ketones (excluding diaryl/α,β-unsaturated/α-hetero) is 1. The number of carbonyl (C=O) groups is 1. The van der Waals surface area contributed by atoms with E-state index in [1.165, 1.54) is 0 Å². The Morgan fingerprint density at radius 3 is 2.62 bits per heavy atom. The van der Waals surface area contributed by atoms with Crippen LogP contribution in [-0.4, -0.2) is 23.1 Å². The van der Waals surface area contributed by atoms with Crippen LogP contribution in [0.1, 0.15) is 32.3 Å². The monoisotopic (exact) mass is 286 g/mol. The number of ether oxygens (including phenoxy) is 1. The summed E-state index contributed by atoms with van der Waals surface area (Å²) in [6, 6.07) is 9.40. The minimum atomic E-state index is -0.947. The number of rotatable bonds is 6. The predicted molar refractivity (Wildman–Crippen MR) is 83.9 cm³/mol. The van der Waals surface area contributed by atoms with Gasteiger partial charge in [0.1, 0.15) is 5.60 Å². The quantitative estimate of drug-likeness (QED) is 0.637. The zero-order chi connectivity index (χ0) is 15.5. The van der Waals surface area contributed by atoms with Gasteiger partial charge in [0.25, 0.3) is 0 Å². The third kappa shape index (κ3) is 2.54. The number of hydrogen-bond donors (Lipinski definition) is 1. The van der Waals surface area contributed by atoms with Crippen molar-refractivity contribution in [3.8, 4) is 0 Å². The van der Waals surface area contributed by atoms with E-state index in [4.69, 9.17) is 4.74 Å². The number of aliphatic hydroxyl groups excluding tert-OH is 1. The number of unbranched alkanes of at least 4 members (excludes halogenated alkanes) is 1. The van der Waals surface area contributed by atoms with Crippen LogP contribution in [0.4, 0.5) is 0 Å². The summed E-state index contributed by atoms with van der Waals surface area (Å²) in [5.74, 6) is -0.961. The summed E-state index contributed by atoms with van der Waals surface area (Å²) in [6.07, 6.45) is 3.56. The van der Waals surface area contributed by atoms with Crippen molar-refractivity contribution in [2.24, 2.45) is 5.92 Å². The third-order valence-electron chi connectivity index (χ3n) is 4.10. The van der Waals surface area contributed by atoms with Crippen molar-refractivity contribution >= 4 is 11.4 Å². The van der Waals surface area contributed by atoms with E-state index in [0.717, 1.165) is 18.4 Å². The molecule has 1 N–H and O–H groups in total. The zero-order valence-corrected chi connectivity index (χ0v) is 12.6. The van der Waals surface area contributed by atoms with Gasteiger partial charge in [-0.3, -0.25) is 4.79 Å². The lowest BCUT2D eigenvalue weighted by atomic mass is 9.83. The van der Waals surface area contributed by atoms with Gasteiger partial charge in [-0.15, -0.1) is 0 Å². The van der Waals surface area contributed by atoms with Gasteiger partial charge in [0.05, 0.1) is 5.92 Å². The number of benzene rings is 1. The van der Waals surface area contributed by atoms with Gasteiger partial charge in [0, 0.05) is 12.2 Å². The second-order valence-electron chi connectivity index (χ2n) is 5.37. The van der Waals surface area contributed by atoms with E-state index < -0.39 is 11.5 Å². The maximum atomic E-state index is 12.3. The van der Waals surface area contributed by atoms with Gasteiger partial charge in [0.15, 0.2) is 5.76 Å². The van der Waals surface area contributed by atoms with E-state index in [0.29, 0.717) is 12.2 Å². The molecule has 3 heteroatoms. The second kappa shape index (κ2) is 6.27. The van der Waals surface area contributed by atoms with Gasteiger partial charge in [-0.25, -0.2) is 0 Å². The van der Waals surface area contributed by atoms with Gasteiger partial charge in [-0.05, 0) is 12.0 Å². The third-order valence-corrected chi connectivity index (χ3v) is 4.10. The van der Waals surface area contributed by atoms with Crippen LogP contribution in [0, 0.1) is 5.92 Å². The summed E-state index contributed by atoms with van der Waals surface area (Å²) in [6.45, 7) is 8.26. The average molecular weight is 286 g/mol. The second-order valence-corrected chi connectivity index (χ2v) is 5.37. The molecular formula is C18H22O3. The van der Waals surface area contributed by atoms with Crippen molar-refractivity contribution in [2.45, 2.75) is 32.3 Å². The van der Waals surface area contributed by atoms with Crippen LogP contribution < -0.4 is 0 Å². The van der Waals surface area contributed by atoms with E-state index in [9.17, 15) is 9.90 Å². The minimum Gasteiger partial charge on any atom is -0.504 e. The normalized spacial score (nSPS) is 25.4. The molecule has 0 amide bonds. The standard InChI is InChI=1S/C18H22O3/c1-4-6-12-21-18(5-2)13(3)16(19)17(20)15(18)14-10-8-7-9-11-14/h5,7-11,13,20H,2,4,6,12H2,1,3H3/t13-,18+/m1/s1. The SMILES string of the molecule is C=C[C@@]1(OCCCC)C(c2ccccc2)=C(O)C(=O)[C@H]1C. The Morgan fingerprint density at radius 2 is 2.05 bits per heavy atom. The summed E-state index contributed by atoms with van der Waals surface area (Å²) in [5.41, 5.74) is 0.383. The number of hydrogen-bond acceptors (Lipinski definition) is 3. The Kier molecular flexibility index (Phi) is 4.63. The topological polar surface area (TPSA) is 46.5 Å². The van der Waals surface area contributed by atoms with E-state index in [1.54, 1.807) is 13.0 Å². The van der Waals surface area contributed by atoms with Gasteiger partial charge >= 0.3 is 0 Å². The molecule has 3 nitrogen and oxygen atoms in total. The lowest BCUT2D eigenvalue weighted by Crippen LogP contribution is -2.38. The molecule has 0 saturated heterocycles. The number of aliphatic hydroxyl groups is 1. The van der Waals surface area contributed by atoms with Gasteiger partial charge in [-0.2, -0.15) is 0 Å². The molecule has 2 atom stereocenters. The minimum absolute atomic E-state index is 0.204. The fourth-order valence-corrected chi connectivity index (χ4v) is 2.81. The molecule has 0 aromatic heterocycles. The molecule has 1 aliphatic rings. The van der Waals surface area contributed by atoms with Crippen LogP contribution in [0.5, 0.6) is 0 Å². The van der Waals surface area contributed by atoms with Crippen molar-refractivity contribution in [1.29, 1.82) is 0 Å². The predicted octanol–water partition coefficient (Wildman–Crippen LogP) is 3.92. The molecule has 1 aliphatic carbocycles. The number of ketones is 1. The van der Waals surface area contributed by atoms with Crippen molar-refractivity contribution in [1.82, 2.24) is 0 Å². The Bertz CT molecular complexity index is 559. The Labute approximate surface area is 125 Å². The van der Waals surface area contributed by atoms with Gasteiger partial charge in [-0.1, -0.05) is 63.3 Å². The van der Waals surface area contributed by atoms with Gasteiger partial charge in [0.2, 0.25) is 5.78 Å². The summed E-state index contributed by atoms with van der Waals surface area (Å²) in [4.78, 5) is 12.3. The largest absolute Gasteiger partial charge is 0.504 e. The molecule has 0 saturated carbocycles. The lowest BCUT2D eigenvalue weighted by molar-refractivity contribution is -0.124. The number of carbonyl (C=O) groups excluding carboxylic acids is 1. The maximum Gasteiger partial charge on any atom is 0.203 e. The summed E-state index contributed by atoms with van der Waals surface area (Å²) < 4.78 is 6.04. The number of allylic oxidation sites excluding steroid dienone is 1. The van der Waals surface area contributed by atoms with Gasteiger partial charge < -0.3 is 9.84 Å². The fraction of sp³-hybridized carbons (Fsp3) is 0.389. The molecule has 0 heterocycles. The molecule has 0 fully saturated rings. The molecule has 0 radical (unpaired) electrons. The van der Waals surface area contributed by atoms with Crippen molar-refractivity contribution < 1.29 is 14.6 Å². The first-order valence-corrected chi connectivity index (χ1v) is 7.39. The van der Waals surface area contributed by atoms with Crippen LogP contribution in [0.2, 0.25) is 0 Å². The fourth-order valence-electron chi connectivity index (χ4n) is 2.81. The summed E-state index contributed by atoms with van der Waals surface area (Å²) in [7, 11) is 0. The highest BCUT2D eigenvalue weighted by Crippen LogP contribution is 2.46. The van der Waals surface area contributed by atoms with Crippen LogP contribution in [0.3, 0.4) is 0 Å². The highest BCUT2D eigenvalue weighted by molar-refractivity contribution is 6.10. The van der Waals surface area contributed by atoms with E-state index in [2.05, 4.69) is 13.5 Å². The Balaban J connectivity index is 2.50. The smallest absolute Gasteiger partial charge is 0.203 e. The molecule has 2 rings (SSSR count). The highest BCUT2D eigenvalue weighted by atomic mass is 16.5. The average Bonchev–Trinajstić information content (AvgIpc) is 2.70. The highest BCUT2D eigenvalue weighted by Gasteiger charge is 2.51. The molecule has 21 heavy (non-hydrogen) atoms. The first kappa shape index (κ1) is 15.5. The molecule has 0 aliphatic heterocycles. The lowest BCUT2D eigenvalue weighted by Gasteiger charge is -2.32. The van der Waals surface area contributed by atoms with E-state index in [-0.39, 0.29) is 11.5 Å². The Morgan fingerprint density at radius 1 is 1.38 bits per heavy atom. The van der Waals surface area contributed by atoms with Crippen molar-refractivity contribution in [3.05, 3.63) is 54.3 Å². The van der Waals surface area contributed by atoms with E-state index >= 15 is 0 Å². The molecule has 1 aromatic carbocycles. The van der Waals surface area contributed by atoms with E-state index in [1.807, 2.05) is 30.3 Å². The zero-order valence-electron chi connectivity index (χ0n) is 12.6. The Hall–Kier alpha value is -1.87. The summed E-state index contributed by atoms with van der Waals surface area (Å²) >= 11 is 0. The molecule has 112 valence electrons. The van der Waals surface area contributed by atoms with Crippen LogP contribution in [0.25, 0.3) is 5.57 Å². The molecule has 0 spiro atoms.